The van der Waals surface area contributed by atoms with Crippen LogP contribution in [0.5, 0.6) is 0 Å². The number of carbonyl (C=O) groups is 1. The van der Waals surface area contributed by atoms with Gasteiger partial charge in [-0.2, -0.15) is 0 Å². The third kappa shape index (κ3) is 3.82. The van der Waals surface area contributed by atoms with Gasteiger partial charge in [0, 0.05) is 16.2 Å². The maximum atomic E-state index is 11.8. The van der Waals surface area contributed by atoms with Crippen molar-refractivity contribution in [1.29, 1.82) is 0 Å². The number of halogens is 1. The Morgan fingerprint density at radius 1 is 1.50 bits per heavy atom. The minimum absolute atomic E-state index is 0.0132. The van der Waals surface area contributed by atoms with Crippen molar-refractivity contribution >= 4 is 27.5 Å². The fourth-order valence-electron chi connectivity index (χ4n) is 2.13. The molecule has 0 aliphatic heterocycles. The number of amides is 1. The number of rotatable bonds is 5. The van der Waals surface area contributed by atoms with Crippen LogP contribution in [-0.2, 0) is 4.79 Å². The molecule has 18 heavy (non-hydrogen) atoms. The molecule has 0 saturated heterocycles. The summed E-state index contributed by atoms with van der Waals surface area (Å²) in [6, 6.07) is 8.06. The van der Waals surface area contributed by atoms with E-state index >= 15 is 0 Å². The van der Waals surface area contributed by atoms with Crippen LogP contribution >= 0.6 is 15.9 Å². The molecular formula is C14H19BrN2O. The molecule has 2 N–H and O–H groups in total. The van der Waals surface area contributed by atoms with Crippen molar-refractivity contribution in [3.05, 3.63) is 28.7 Å². The van der Waals surface area contributed by atoms with E-state index in [2.05, 4.69) is 33.5 Å². The SMILES string of the molecule is CC(NCC(=O)Nc1cccc(Br)c1)C1CCC1. The van der Waals surface area contributed by atoms with Crippen LogP contribution in [0.1, 0.15) is 26.2 Å². The monoisotopic (exact) mass is 310 g/mol. The smallest absolute Gasteiger partial charge is 0.238 e. The maximum absolute atomic E-state index is 11.8. The minimum atomic E-state index is 0.0132. The topological polar surface area (TPSA) is 41.1 Å². The zero-order chi connectivity index (χ0) is 13.0. The summed E-state index contributed by atoms with van der Waals surface area (Å²) < 4.78 is 0.969. The van der Waals surface area contributed by atoms with Gasteiger partial charge in [-0.15, -0.1) is 0 Å². The molecule has 4 heteroatoms. The quantitative estimate of drug-likeness (QED) is 0.877. The molecule has 1 fully saturated rings. The van der Waals surface area contributed by atoms with Gasteiger partial charge in [0.25, 0.3) is 0 Å². The number of carbonyl (C=O) groups excluding carboxylic acids is 1. The number of hydrogen-bond donors (Lipinski definition) is 2. The van der Waals surface area contributed by atoms with Gasteiger partial charge in [-0.1, -0.05) is 28.4 Å². The lowest BCUT2D eigenvalue weighted by Crippen LogP contribution is -2.41. The molecule has 1 aliphatic carbocycles. The molecule has 0 spiro atoms. The van der Waals surface area contributed by atoms with Crippen LogP contribution in [-0.4, -0.2) is 18.5 Å². The molecule has 1 aromatic rings. The Balaban J connectivity index is 1.74. The van der Waals surface area contributed by atoms with Crippen molar-refractivity contribution in [1.82, 2.24) is 5.32 Å². The lowest BCUT2D eigenvalue weighted by molar-refractivity contribution is -0.115. The van der Waals surface area contributed by atoms with Crippen LogP contribution in [0.15, 0.2) is 28.7 Å². The Labute approximate surface area is 116 Å². The summed E-state index contributed by atoms with van der Waals surface area (Å²) >= 11 is 3.38. The van der Waals surface area contributed by atoms with Gasteiger partial charge in [0.15, 0.2) is 0 Å². The molecule has 98 valence electrons. The first-order chi connectivity index (χ1) is 8.65. The summed E-state index contributed by atoms with van der Waals surface area (Å²) in [6.45, 7) is 2.54. The third-order valence-corrected chi connectivity index (χ3v) is 4.04. The second kappa shape index (κ2) is 6.34. The Bertz CT molecular complexity index is 418. The molecule has 1 saturated carbocycles. The van der Waals surface area contributed by atoms with Crippen LogP contribution in [0.3, 0.4) is 0 Å². The molecule has 1 aliphatic rings. The highest BCUT2D eigenvalue weighted by Gasteiger charge is 2.23. The van der Waals surface area contributed by atoms with Crippen LogP contribution in [0.2, 0.25) is 0 Å². The summed E-state index contributed by atoms with van der Waals surface area (Å²) in [6.07, 6.45) is 3.92. The summed E-state index contributed by atoms with van der Waals surface area (Å²) in [5.41, 5.74) is 0.826. The van der Waals surface area contributed by atoms with Crippen LogP contribution in [0.4, 0.5) is 5.69 Å². The second-order valence-corrected chi connectivity index (χ2v) is 5.83. The summed E-state index contributed by atoms with van der Waals surface area (Å²) in [5, 5.41) is 6.18. The van der Waals surface area contributed by atoms with Crippen LogP contribution < -0.4 is 10.6 Å². The lowest BCUT2D eigenvalue weighted by atomic mass is 9.80. The van der Waals surface area contributed by atoms with Crippen molar-refractivity contribution in [2.24, 2.45) is 5.92 Å². The van der Waals surface area contributed by atoms with Gasteiger partial charge >= 0.3 is 0 Å². The van der Waals surface area contributed by atoms with Crippen molar-refractivity contribution in [3.8, 4) is 0 Å². The van der Waals surface area contributed by atoms with Gasteiger partial charge in [0.05, 0.1) is 6.54 Å². The van der Waals surface area contributed by atoms with E-state index in [4.69, 9.17) is 0 Å². The van der Waals surface area contributed by atoms with E-state index in [-0.39, 0.29) is 5.91 Å². The van der Waals surface area contributed by atoms with E-state index in [1.165, 1.54) is 19.3 Å². The molecule has 0 bridgehead atoms. The van der Waals surface area contributed by atoms with E-state index in [0.29, 0.717) is 12.6 Å². The average Bonchev–Trinajstić information content (AvgIpc) is 2.24. The summed E-state index contributed by atoms with van der Waals surface area (Å²) in [7, 11) is 0. The molecule has 0 heterocycles. The zero-order valence-electron chi connectivity index (χ0n) is 10.6. The van der Waals surface area contributed by atoms with Crippen molar-refractivity contribution in [2.45, 2.75) is 32.2 Å². The Hall–Kier alpha value is -0.870. The standard InChI is InChI=1S/C14H19BrN2O/c1-10(11-4-2-5-11)16-9-14(18)17-13-7-3-6-12(15)8-13/h3,6-8,10-11,16H,2,4-5,9H2,1H3,(H,17,18). The number of nitrogens with one attached hydrogen (secondary N) is 2. The van der Waals surface area contributed by atoms with Gasteiger partial charge in [-0.05, 0) is 43.9 Å². The molecule has 0 radical (unpaired) electrons. The molecule has 1 unspecified atom stereocenters. The van der Waals surface area contributed by atoms with E-state index in [9.17, 15) is 4.79 Å². The zero-order valence-corrected chi connectivity index (χ0v) is 12.2. The van der Waals surface area contributed by atoms with E-state index < -0.39 is 0 Å². The van der Waals surface area contributed by atoms with E-state index in [1.54, 1.807) is 0 Å². The highest BCUT2D eigenvalue weighted by molar-refractivity contribution is 9.10. The van der Waals surface area contributed by atoms with Crippen LogP contribution in [0.25, 0.3) is 0 Å². The third-order valence-electron chi connectivity index (χ3n) is 3.55. The maximum Gasteiger partial charge on any atom is 0.238 e. The summed E-state index contributed by atoms with van der Waals surface area (Å²) in [5.74, 6) is 0.767. The molecule has 1 amide bonds. The number of benzene rings is 1. The largest absolute Gasteiger partial charge is 0.325 e. The highest BCUT2D eigenvalue weighted by Crippen LogP contribution is 2.29. The lowest BCUT2D eigenvalue weighted by Gasteiger charge is -2.31. The van der Waals surface area contributed by atoms with Gasteiger partial charge in [0.1, 0.15) is 0 Å². The molecule has 1 aromatic carbocycles. The predicted octanol–water partition coefficient (Wildman–Crippen LogP) is 3.17. The minimum Gasteiger partial charge on any atom is -0.325 e. The van der Waals surface area contributed by atoms with E-state index in [1.807, 2.05) is 24.3 Å². The normalized spacial score (nSPS) is 17.0. The van der Waals surface area contributed by atoms with E-state index in [0.717, 1.165) is 16.1 Å². The predicted molar refractivity (Wildman–Crippen MR) is 77.6 cm³/mol. The second-order valence-electron chi connectivity index (χ2n) is 4.92. The van der Waals surface area contributed by atoms with Gasteiger partial charge in [-0.3, -0.25) is 4.79 Å². The van der Waals surface area contributed by atoms with Gasteiger partial charge < -0.3 is 10.6 Å². The Morgan fingerprint density at radius 2 is 2.28 bits per heavy atom. The van der Waals surface area contributed by atoms with Crippen molar-refractivity contribution in [2.75, 3.05) is 11.9 Å². The average molecular weight is 311 g/mol. The van der Waals surface area contributed by atoms with Gasteiger partial charge in [0.2, 0.25) is 5.91 Å². The first-order valence-electron chi connectivity index (χ1n) is 6.44. The molecule has 2 rings (SSSR count). The molecule has 1 atom stereocenters. The molecule has 3 nitrogen and oxygen atoms in total. The number of hydrogen-bond acceptors (Lipinski definition) is 2. The molecular weight excluding hydrogens is 292 g/mol. The summed E-state index contributed by atoms with van der Waals surface area (Å²) in [4.78, 5) is 11.8. The van der Waals surface area contributed by atoms with Crippen molar-refractivity contribution in [3.63, 3.8) is 0 Å². The Kier molecular flexibility index (Phi) is 4.78. The van der Waals surface area contributed by atoms with Crippen LogP contribution in [0, 0.1) is 5.92 Å². The molecule has 0 aromatic heterocycles. The fourth-order valence-corrected chi connectivity index (χ4v) is 2.53. The van der Waals surface area contributed by atoms with Crippen molar-refractivity contribution < 1.29 is 4.79 Å². The highest BCUT2D eigenvalue weighted by atomic mass is 79.9. The first-order valence-corrected chi connectivity index (χ1v) is 7.23. The number of anilines is 1. The van der Waals surface area contributed by atoms with Gasteiger partial charge in [-0.25, -0.2) is 0 Å². The first kappa shape index (κ1) is 13.6. The Morgan fingerprint density at radius 3 is 2.89 bits per heavy atom. The fraction of sp³-hybridized carbons (Fsp3) is 0.500.